The molecule has 7 heteroatoms. The third-order valence-electron chi connectivity index (χ3n) is 2.54. The second-order valence-electron chi connectivity index (χ2n) is 3.95. The number of benzene rings is 1. The lowest BCUT2D eigenvalue weighted by Crippen LogP contribution is -1.97. The fraction of sp³-hybridized carbons (Fsp3) is 0.286. The fourth-order valence-electron chi connectivity index (χ4n) is 1.64. The summed E-state index contributed by atoms with van der Waals surface area (Å²) in [6.45, 7) is 7.54. The van der Waals surface area contributed by atoms with E-state index >= 15 is 0 Å². The minimum atomic E-state index is -3.42. The minimum Gasteiger partial charge on any atom is -0.305 e. The molecule has 1 rings (SSSR count). The molecule has 0 bridgehead atoms. The lowest BCUT2D eigenvalue weighted by atomic mass is 10.2. The van der Waals surface area contributed by atoms with Crippen molar-refractivity contribution in [1.82, 2.24) is 0 Å². The third kappa shape index (κ3) is 4.63. The molecule has 1 aromatic rings. The molecular formula is C14H18NO5P. The first-order valence-corrected chi connectivity index (χ1v) is 7.99. The predicted octanol–water partition coefficient (Wildman–Crippen LogP) is 4.39. The van der Waals surface area contributed by atoms with Crippen LogP contribution in [0.4, 0.5) is 5.69 Å². The van der Waals surface area contributed by atoms with E-state index in [-0.39, 0.29) is 18.9 Å². The summed E-state index contributed by atoms with van der Waals surface area (Å²) in [6.07, 6.45) is 3.00. The Balaban J connectivity index is 3.14. The van der Waals surface area contributed by atoms with Gasteiger partial charge in [-0.1, -0.05) is 12.7 Å². The van der Waals surface area contributed by atoms with Crippen LogP contribution in [-0.2, 0) is 13.6 Å². The normalized spacial score (nSPS) is 12.2. The van der Waals surface area contributed by atoms with E-state index in [1.165, 1.54) is 18.2 Å². The van der Waals surface area contributed by atoms with Gasteiger partial charge in [0.05, 0.1) is 23.5 Å². The number of hydrogen-bond acceptors (Lipinski definition) is 5. The first-order chi connectivity index (χ1) is 9.96. The third-order valence-corrected chi connectivity index (χ3v) is 4.68. The second kappa shape index (κ2) is 7.88. The van der Waals surface area contributed by atoms with Crippen LogP contribution in [0, 0.1) is 10.1 Å². The molecule has 0 saturated carbocycles. The Morgan fingerprint density at radius 3 is 2.19 bits per heavy atom. The number of rotatable bonds is 8. The van der Waals surface area contributed by atoms with Gasteiger partial charge in [0.25, 0.3) is 5.69 Å². The van der Waals surface area contributed by atoms with Crippen molar-refractivity contribution in [3.8, 4) is 0 Å². The van der Waals surface area contributed by atoms with Gasteiger partial charge in [-0.05, 0) is 37.6 Å². The topological polar surface area (TPSA) is 78.7 Å². The van der Waals surface area contributed by atoms with Gasteiger partial charge in [0.15, 0.2) is 0 Å². The van der Waals surface area contributed by atoms with Crippen LogP contribution in [0.15, 0.2) is 42.2 Å². The predicted molar refractivity (Wildman–Crippen MR) is 82.1 cm³/mol. The van der Waals surface area contributed by atoms with Crippen LogP contribution in [0.25, 0.3) is 6.08 Å². The summed E-state index contributed by atoms with van der Waals surface area (Å²) in [5.74, 6) is 0. The van der Waals surface area contributed by atoms with Gasteiger partial charge in [-0.3, -0.25) is 14.7 Å². The van der Waals surface area contributed by atoms with Gasteiger partial charge in [-0.25, -0.2) is 0 Å². The molecule has 6 nitrogen and oxygen atoms in total. The molecule has 0 atom stereocenters. The quantitative estimate of drug-likeness (QED) is 0.308. The molecule has 1 aromatic carbocycles. The molecule has 0 aliphatic heterocycles. The summed E-state index contributed by atoms with van der Waals surface area (Å²) < 4.78 is 23.1. The molecule has 114 valence electrons. The van der Waals surface area contributed by atoms with Crippen LogP contribution in [0.5, 0.6) is 0 Å². The zero-order valence-electron chi connectivity index (χ0n) is 12.0. The van der Waals surface area contributed by atoms with Crippen molar-refractivity contribution in [1.29, 1.82) is 0 Å². The van der Waals surface area contributed by atoms with E-state index in [0.717, 1.165) is 0 Å². The van der Waals surface area contributed by atoms with Crippen LogP contribution < -0.4 is 0 Å². The van der Waals surface area contributed by atoms with E-state index in [9.17, 15) is 14.7 Å². The SMILES string of the molecule is C=C/C(=C\c1ccc([N+](=O)[O-])cc1)P(=O)(OCC)OCC. The highest BCUT2D eigenvalue weighted by Crippen LogP contribution is 2.56. The fourth-order valence-corrected chi connectivity index (χ4v) is 3.22. The molecule has 0 unspecified atom stereocenters. The molecule has 0 N–H and O–H groups in total. The summed E-state index contributed by atoms with van der Waals surface area (Å²) in [6, 6.07) is 5.87. The molecule has 0 radical (unpaired) electrons. The zero-order valence-corrected chi connectivity index (χ0v) is 12.9. The van der Waals surface area contributed by atoms with Crippen molar-refractivity contribution in [2.24, 2.45) is 0 Å². The molecule has 0 aromatic heterocycles. The maximum atomic E-state index is 12.6. The van der Waals surface area contributed by atoms with Gasteiger partial charge < -0.3 is 9.05 Å². The summed E-state index contributed by atoms with van der Waals surface area (Å²) in [7, 11) is -3.42. The van der Waals surface area contributed by atoms with E-state index in [1.54, 1.807) is 32.1 Å². The lowest BCUT2D eigenvalue weighted by Gasteiger charge is -2.17. The molecule has 0 heterocycles. The van der Waals surface area contributed by atoms with E-state index in [1.807, 2.05) is 0 Å². The first kappa shape index (κ1) is 17.3. The minimum absolute atomic E-state index is 0.00916. The number of non-ortho nitro benzene ring substituents is 1. The average molecular weight is 311 g/mol. The molecular weight excluding hydrogens is 293 g/mol. The summed E-state index contributed by atoms with van der Waals surface area (Å²) in [5, 5.41) is 10.9. The number of allylic oxidation sites excluding steroid dienone is 2. The van der Waals surface area contributed by atoms with Gasteiger partial charge in [0.2, 0.25) is 0 Å². The monoisotopic (exact) mass is 311 g/mol. The molecule has 0 amide bonds. The summed E-state index contributed by atoms with van der Waals surface area (Å²) >= 11 is 0. The summed E-state index contributed by atoms with van der Waals surface area (Å²) in [4.78, 5) is 10.1. The number of nitro benzene ring substituents is 1. The molecule has 0 aliphatic carbocycles. The largest absolute Gasteiger partial charge is 0.361 e. The van der Waals surface area contributed by atoms with Crippen molar-refractivity contribution in [2.75, 3.05) is 13.2 Å². The Morgan fingerprint density at radius 2 is 1.81 bits per heavy atom. The second-order valence-corrected chi connectivity index (χ2v) is 5.98. The number of hydrogen-bond donors (Lipinski definition) is 0. The maximum Gasteiger partial charge on any atom is 0.361 e. The molecule has 0 aliphatic rings. The van der Waals surface area contributed by atoms with Crippen LogP contribution in [0.2, 0.25) is 0 Å². The van der Waals surface area contributed by atoms with Crippen molar-refractivity contribution >= 4 is 19.4 Å². The number of nitrogens with zero attached hydrogens (tertiary/aromatic N) is 1. The molecule has 0 fully saturated rings. The smallest absolute Gasteiger partial charge is 0.305 e. The van der Waals surface area contributed by atoms with Crippen LogP contribution in [0.1, 0.15) is 19.4 Å². The van der Waals surface area contributed by atoms with E-state index in [0.29, 0.717) is 10.9 Å². The Morgan fingerprint density at radius 1 is 1.29 bits per heavy atom. The van der Waals surface area contributed by atoms with Crippen molar-refractivity contribution < 1.29 is 18.5 Å². The van der Waals surface area contributed by atoms with Gasteiger partial charge in [0, 0.05) is 12.1 Å². The Labute approximate surface area is 123 Å². The lowest BCUT2D eigenvalue weighted by molar-refractivity contribution is -0.384. The maximum absolute atomic E-state index is 12.6. The number of nitro groups is 1. The van der Waals surface area contributed by atoms with Crippen LogP contribution in [-0.4, -0.2) is 18.1 Å². The Hall–Kier alpha value is -1.75. The highest BCUT2D eigenvalue weighted by molar-refractivity contribution is 7.59. The first-order valence-electron chi connectivity index (χ1n) is 6.45. The summed E-state index contributed by atoms with van der Waals surface area (Å²) in [5.41, 5.74) is 0.639. The highest BCUT2D eigenvalue weighted by Gasteiger charge is 2.27. The zero-order chi connectivity index (χ0) is 15.9. The molecule has 21 heavy (non-hydrogen) atoms. The van der Waals surface area contributed by atoms with E-state index < -0.39 is 12.5 Å². The Kier molecular flexibility index (Phi) is 6.49. The average Bonchev–Trinajstić information content (AvgIpc) is 2.45. The molecule has 0 saturated heterocycles. The van der Waals surface area contributed by atoms with Gasteiger partial charge >= 0.3 is 7.60 Å². The van der Waals surface area contributed by atoms with Crippen LogP contribution >= 0.6 is 7.60 Å². The van der Waals surface area contributed by atoms with Crippen molar-refractivity contribution in [3.63, 3.8) is 0 Å². The van der Waals surface area contributed by atoms with E-state index in [2.05, 4.69) is 6.58 Å². The van der Waals surface area contributed by atoms with Gasteiger partial charge in [0.1, 0.15) is 0 Å². The Bertz CT molecular complexity index is 570. The van der Waals surface area contributed by atoms with E-state index in [4.69, 9.17) is 9.05 Å². The van der Waals surface area contributed by atoms with Gasteiger partial charge in [-0.2, -0.15) is 0 Å². The van der Waals surface area contributed by atoms with Crippen molar-refractivity contribution in [3.05, 3.63) is 57.9 Å². The van der Waals surface area contributed by atoms with Gasteiger partial charge in [-0.15, -0.1) is 0 Å². The highest BCUT2D eigenvalue weighted by atomic mass is 31.2. The standard InChI is InChI=1S/C14H18NO5P/c1-4-14(21(18,19-5-2)20-6-3)11-12-7-9-13(10-8-12)15(16)17/h4,7-11H,1,5-6H2,2-3H3/b14-11+. The van der Waals surface area contributed by atoms with Crippen molar-refractivity contribution in [2.45, 2.75) is 13.8 Å². The molecule has 0 spiro atoms. The van der Waals surface area contributed by atoms with Crippen LogP contribution in [0.3, 0.4) is 0 Å².